The summed E-state index contributed by atoms with van der Waals surface area (Å²) in [6, 6.07) is 8.94. The Kier molecular flexibility index (Phi) is 13.5. The first-order chi connectivity index (χ1) is 17.6. The number of aliphatic hydroxyl groups is 1. The lowest BCUT2D eigenvalue weighted by molar-refractivity contribution is -0.225. The van der Waals surface area contributed by atoms with E-state index < -0.39 is 56.4 Å². The molecular weight excluding hydrogens is 493 g/mol. The lowest BCUT2D eigenvalue weighted by atomic mass is 9.95. The second-order valence-electron chi connectivity index (χ2n) is 10.2. The van der Waals surface area contributed by atoms with Gasteiger partial charge < -0.3 is 27.9 Å². The van der Waals surface area contributed by atoms with Crippen molar-refractivity contribution in [1.82, 2.24) is 0 Å². The minimum atomic E-state index is -2.10. The molecule has 9 heteroatoms. The monoisotopic (exact) mass is 553 g/mol. The normalized spacial score (nSPS) is 28.0. The molecule has 210 valence electrons. The molecule has 0 spiro atoms. The molecule has 0 amide bonds. The highest BCUT2D eigenvalue weighted by Crippen LogP contribution is 2.39. The molecule has 0 bridgehead atoms. The van der Waals surface area contributed by atoms with Gasteiger partial charge >= 0.3 is 0 Å². The number of rotatable bonds is 18. The zero-order valence-electron chi connectivity index (χ0n) is 26.2. The van der Waals surface area contributed by atoms with Crippen molar-refractivity contribution in [3.63, 3.8) is 0 Å². The summed E-state index contributed by atoms with van der Waals surface area (Å²) in [5, 5.41) is 10.5. The Bertz CT molecular complexity index is 596. The molecule has 0 aromatic heterocycles. The maximum atomic E-state index is 10.5. The topological polar surface area (TPSA) is 66.4 Å². The summed E-state index contributed by atoms with van der Waals surface area (Å²) in [6.07, 6.45) is -2.33. The average molecular weight is 554 g/mol. The summed E-state index contributed by atoms with van der Waals surface area (Å²) >= 11 is 0. The van der Waals surface area contributed by atoms with E-state index in [-0.39, 0.29) is 19.3 Å². The van der Waals surface area contributed by atoms with Crippen molar-refractivity contribution in [2.75, 3.05) is 20.3 Å². The Labute approximate surface area is 223 Å². The van der Waals surface area contributed by atoms with Gasteiger partial charge in [-0.1, -0.05) is 62.3 Å². The van der Waals surface area contributed by atoms with Gasteiger partial charge in [-0.25, -0.2) is 0 Å². The molecule has 1 heterocycles. The molecule has 1 unspecified atom stereocenters. The van der Waals surface area contributed by atoms with Gasteiger partial charge in [0.15, 0.2) is 25.0 Å². The van der Waals surface area contributed by atoms with Crippen LogP contribution in [0.2, 0.25) is 54.4 Å². The molecular formula is C26H58O6Si3. The van der Waals surface area contributed by atoms with Crippen LogP contribution in [-0.4, -0.2) is 80.9 Å². The summed E-state index contributed by atoms with van der Waals surface area (Å²) in [5.41, 5.74) is 0. The van der Waals surface area contributed by atoms with E-state index in [0.29, 0.717) is 0 Å². The average Bonchev–Trinajstić information content (AvgIpc) is 2.93. The third kappa shape index (κ3) is 7.95. The van der Waals surface area contributed by atoms with Gasteiger partial charge in [-0.15, -0.1) is 0 Å². The molecule has 1 fully saturated rings. The Morgan fingerprint density at radius 2 is 1.00 bits per heavy atom. The predicted octanol–water partition coefficient (Wildman–Crippen LogP) is 6.56. The lowest BCUT2D eigenvalue weighted by Crippen LogP contribution is -2.67. The van der Waals surface area contributed by atoms with Crippen LogP contribution in [-0.2, 0) is 22.8 Å². The predicted molar refractivity (Wildman–Crippen MR) is 154 cm³/mol. The first-order valence-electron chi connectivity index (χ1n) is 15.5. The minimum Gasteiger partial charge on any atom is -0.409 e. The van der Waals surface area contributed by atoms with Crippen LogP contribution in [0.5, 0.6) is 0 Å². The Hall–Kier alpha value is 0.411. The fourth-order valence-corrected chi connectivity index (χ4v) is 14.2. The van der Waals surface area contributed by atoms with Crippen molar-refractivity contribution in [3.05, 3.63) is 0 Å². The minimum absolute atomic E-state index is 0.0594. The van der Waals surface area contributed by atoms with Crippen molar-refractivity contribution in [1.29, 1.82) is 0 Å². The quantitative estimate of drug-likeness (QED) is 0.194. The Morgan fingerprint density at radius 3 is 1.31 bits per heavy atom. The van der Waals surface area contributed by atoms with Gasteiger partial charge in [-0.2, -0.15) is 0 Å². The van der Waals surface area contributed by atoms with Crippen molar-refractivity contribution < 1.29 is 30.6 Å². The van der Waals surface area contributed by atoms with Crippen LogP contribution in [0.3, 0.4) is 0 Å². The first-order valence-corrected chi connectivity index (χ1v) is 21.9. The van der Waals surface area contributed by atoms with Crippen molar-refractivity contribution in [2.24, 2.45) is 0 Å². The molecule has 6 nitrogen and oxygen atoms in total. The highest BCUT2D eigenvalue weighted by Gasteiger charge is 2.54. The largest absolute Gasteiger partial charge is 0.409 e. The van der Waals surface area contributed by atoms with E-state index in [0.717, 1.165) is 54.4 Å². The summed E-state index contributed by atoms with van der Waals surface area (Å²) in [4.78, 5) is 0. The van der Waals surface area contributed by atoms with Gasteiger partial charge in [0.05, 0.1) is 16.0 Å². The third-order valence-electron chi connectivity index (χ3n) is 9.13. The third-order valence-corrected chi connectivity index (χ3v) is 23.0. The molecule has 0 aromatic rings. The summed E-state index contributed by atoms with van der Waals surface area (Å²) < 4.78 is 48.8. The van der Waals surface area contributed by atoms with Crippen molar-refractivity contribution in [3.8, 4) is 0 Å². The fraction of sp³-hybridized carbons (Fsp3) is 1.00. The SMILES string of the molecule is [2H]C([3H])OC[C@H]1O[C@H](CO)[C@H](O[Si](CC)(CC)CC)[C@@H](O[Si](CC)(CC)CC)[C@@H]1O[Si](CC)(CC)CC. The maximum absolute atomic E-state index is 10.5. The highest BCUT2D eigenvalue weighted by molar-refractivity contribution is 6.74. The van der Waals surface area contributed by atoms with Crippen molar-refractivity contribution >= 4 is 25.0 Å². The summed E-state index contributed by atoms with van der Waals surface area (Å²) in [6.45, 7) is 19.8. The molecule has 35 heavy (non-hydrogen) atoms. The van der Waals surface area contributed by atoms with E-state index >= 15 is 0 Å². The van der Waals surface area contributed by atoms with E-state index in [2.05, 4.69) is 62.3 Å². The first kappa shape index (κ1) is 30.0. The molecule has 1 aliphatic rings. The van der Waals surface area contributed by atoms with Crippen LogP contribution in [0.4, 0.5) is 0 Å². The van der Waals surface area contributed by atoms with Crippen LogP contribution >= 0.6 is 0 Å². The zero-order valence-corrected chi connectivity index (χ0v) is 27.2. The number of methoxy groups -OCH3 is 1. The van der Waals surface area contributed by atoms with Crippen LogP contribution in [0, 0.1) is 0 Å². The summed E-state index contributed by atoms with van der Waals surface area (Å²) in [7, 11) is -7.68. The number of aliphatic hydroxyl groups excluding tert-OH is 1. The molecule has 0 radical (unpaired) electrons. The standard InChI is InChI=1S/C26H58O6Si3/c1-11-33(12-2,13-3)30-24-22(20-27)29-23(21-28-10)25(31-34(14-4,15-5)16-6)26(24)32-35(17-7,18-8)19-9/h22-27H,11-21H2,1-10H3/t22-,23-,24+,25-,26-/m1/s1/i10TD/t10?,22-,23-,24+,25-,26-. The lowest BCUT2D eigenvalue weighted by Gasteiger charge is -2.52. The Balaban J connectivity index is 3.73. The highest BCUT2D eigenvalue weighted by atomic mass is 28.4. The van der Waals surface area contributed by atoms with Gasteiger partial charge in [-0.3, -0.25) is 0 Å². The van der Waals surface area contributed by atoms with Crippen molar-refractivity contribution in [2.45, 2.75) is 147 Å². The van der Waals surface area contributed by atoms with E-state index in [1.165, 1.54) is 0 Å². The van der Waals surface area contributed by atoms with Gasteiger partial charge in [0.2, 0.25) is 0 Å². The molecule has 1 N–H and O–H groups in total. The van der Waals surface area contributed by atoms with Crippen LogP contribution in [0.1, 0.15) is 65.1 Å². The van der Waals surface area contributed by atoms with Crippen LogP contribution < -0.4 is 0 Å². The van der Waals surface area contributed by atoms with Gasteiger partial charge in [0, 0.05) is 7.06 Å². The van der Waals surface area contributed by atoms with Gasteiger partial charge in [0.25, 0.3) is 0 Å². The number of ether oxygens (including phenoxy) is 2. The van der Waals surface area contributed by atoms with Gasteiger partial charge in [-0.05, 0) is 54.4 Å². The van der Waals surface area contributed by atoms with Crippen LogP contribution in [0.25, 0.3) is 0 Å². The second kappa shape index (κ2) is 15.7. The number of hydrogen-bond donors (Lipinski definition) is 1. The molecule has 1 aliphatic heterocycles. The molecule has 1 saturated heterocycles. The molecule has 0 aromatic carbocycles. The van der Waals surface area contributed by atoms with E-state index in [1.54, 1.807) is 0 Å². The fourth-order valence-electron chi connectivity index (χ4n) is 5.65. The van der Waals surface area contributed by atoms with E-state index in [1.807, 2.05) is 0 Å². The molecule has 6 atom stereocenters. The smallest absolute Gasteiger partial charge is 0.192 e. The summed E-state index contributed by atoms with van der Waals surface area (Å²) in [5.74, 6) is 0. The Morgan fingerprint density at radius 1 is 0.657 bits per heavy atom. The molecule has 0 aliphatic carbocycles. The second-order valence-corrected chi connectivity index (χ2v) is 24.4. The zero-order chi connectivity index (χ0) is 28.3. The maximum Gasteiger partial charge on any atom is 0.192 e. The van der Waals surface area contributed by atoms with Crippen LogP contribution in [0.15, 0.2) is 0 Å². The van der Waals surface area contributed by atoms with E-state index in [9.17, 15) is 5.11 Å². The van der Waals surface area contributed by atoms with Gasteiger partial charge in [0.1, 0.15) is 30.5 Å². The molecule has 0 saturated carbocycles. The number of hydrogen-bond acceptors (Lipinski definition) is 6. The molecule has 1 rings (SSSR count). The van der Waals surface area contributed by atoms with E-state index in [4.69, 9.17) is 25.5 Å².